The van der Waals surface area contributed by atoms with E-state index < -0.39 is 22.8 Å². The summed E-state index contributed by atoms with van der Waals surface area (Å²) in [6, 6.07) is 15.3. The Hall–Kier alpha value is -3.88. The molecule has 0 spiro atoms. The highest BCUT2D eigenvalue weighted by Gasteiger charge is 2.21. The number of nitrogens with one attached hydrogen (secondary N) is 2. The van der Waals surface area contributed by atoms with E-state index in [1.807, 2.05) is 30.3 Å². The summed E-state index contributed by atoms with van der Waals surface area (Å²) in [5.41, 5.74) is 5.24. The third-order valence-electron chi connectivity index (χ3n) is 4.05. The van der Waals surface area contributed by atoms with Crippen LogP contribution in [-0.4, -0.2) is 27.4 Å². The normalized spacial score (nSPS) is 11.6. The van der Waals surface area contributed by atoms with Crippen LogP contribution < -0.4 is 15.6 Å². The van der Waals surface area contributed by atoms with Gasteiger partial charge >= 0.3 is 5.69 Å². The van der Waals surface area contributed by atoms with Crippen LogP contribution in [0.4, 0.5) is 5.69 Å². The molecular formula is C19H18N4O5. The molecule has 9 nitrogen and oxygen atoms in total. The first-order valence-corrected chi connectivity index (χ1v) is 8.48. The number of fused-ring (bicyclic) bond motifs is 1. The van der Waals surface area contributed by atoms with Crippen LogP contribution in [0.3, 0.4) is 0 Å². The molecule has 1 aromatic heterocycles. The van der Waals surface area contributed by atoms with Gasteiger partial charge in [-0.15, -0.1) is 0 Å². The highest BCUT2D eigenvalue weighted by Crippen LogP contribution is 2.26. The summed E-state index contributed by atoms with van der Waals surface area (Å²) in [5, 5.41) is 12.0. The van der Waals surface area contributed by atoms with Crippen LogP contribution in [0.5, 0.6) is 5.75 Å². The molecule has 3 rings (SSSR count). The molecule has 0 fully saturated rings. The summed E-state index contributed by atoms with van der Waals surface area (Å²) in [6.07, 6.45) is 0.737. The predicted octanol–water partition coefficient (Wildman–Crippen LogP) is 2.16. The number of para-hydroxylation sites is 3. The molecular weight excluding hydrogens is 364 g/mol. The van der Waals surface area contributed by atoms with E-state index in [4.69, 9.17) is 4.74 Å². The number of aromatic nitrogens is 1. The fourth-order valence-electron chi connectivity index (χ4n) is 2.66. The quantitative estimate of drug-likeness (QED) is 0.501. The summed E-state index contributed by atoms with van der Waals surface area (Å²) in [6.45, 7) is 1.45. The molecule has 0 aliphatic rings. The van der Waals surface area contributed by atoms with Crippen molar-refractivity contribution in [2.45, 2.75) is 19.6 Å². The average Bonchev–Trinajstić information content (AvgIpc) is 3.09. The molecule has 28 heavy (non-hydrogen) atoms. The zero-order valence-electron chi connectivity index (χ0n) is 15.0. The maximum absolute atomic E-state index is 12.1. The van der Waals surface area contributed by atoms with E-state index in [0.29, 0.717) is 0 Å². The van der Waals surface area contributed by atoms with Crippen molar-refractivity contribution in [3.63, 3.8) is 0 Å². The number of hydrazine groups is 1. The Labute approximate surface area is 160 Å². The molecule has 0 saturated carbocycles. The molecule has 0 aliphatic heterocycles. The summed E-state index contributed by atoms with van der Waals surface area (Å²) in [4.78, 5) is 34.6. The lowest BCUT2D eigenvalue weighted by Gasteiger charge is -2.15. The van der Waals surface area contributed by atoms with Crippen LogP contribution in [0.2, 0.25) is 0 Å². The van der Waals surface area contributed by atoms with Gasteiger partial charge in [0.25, 0.3) is 11.8 Å². The molecule has 2 aromatic carbocycles. The number of hydrogen-bond acceptors (Lipinski definition) is 5. The number of carbonyl (C=O) groups excluding carboxylic acids is 2. The monoisotopic (exact) mass is 382 g/mol. The van der Waals surface area contributed by atoms with E-state index in [0.717, 1.165) is 10.9 Å². The third-order valence-corrected chi connectivity index (χ3v) is 4.05. The molecule has 0 bridgehead atoms. The maximum Gasteiger partial charge on any atom is 0.310 e. The van der Waals surface area contributed by atoms with Crippen molar-refractivity contribution in [1.29, 1.82) is 0 Å². The number of nitrogens with zero attached hydrogens (tertiary/aromatic N) is 2. The van der Waals surface area contributed by atoms with Crippen molar-refractivity contribution in [2.75, 3.05) is 0 Å². The highest BCUT2D eigenvalue weighted by atomic mass is 16.6. The van der Waals surface area contributed by atoms with E-state index in [1.165, 1.54) is 25.1 Å². The smallest absolute Gasteiger partial charge is 0.310 e. The molecule has 2 amide bonds. The maximum atomic E-state index is 12.1. The molecule has 144 valence electrons. The van der Waals surface area contributed by atoms with Crippen molar-refractivity contribution < 1.29 is 19.2 Å². The highest BCUT2D eigenvalue weighted by molar-refractivity contribution is 5.86. The number of ether oxygens (including phenoxy) is 1. The van der Waals surface area contributed by atoms with E-state index in [-0.39, 0.29) is 18.0 Å². The van der Waals surface area contributed by atoms with Gasteiger partial charge in [0.2, 0.25) is 0 Å². The van der Waals surface area contributed by atoms with Crippen molar-refractivity contribution in [3.05, 3.63) is 70.9 Å². The minimum atomic E-state index is -1.05. The SMILES string of the molecule is CC(Oc1ccccc1[N+](=O)[O-])C(=O)NNC(=O)Cn1ccc2ccccc21. The van der Waals surface area contributed by atoms with Crippen LogP contribution >= 0.6 is 0 Å². The van der Waals surface area contributed by atoms with Gasteiger partial charge in [0.1, 0.15) is 6.54 Å². The van der Waals surface area contributed by atoms with Crippen molar-refractivity contribution in [2.24, 2.45) is 0 Å². The number of amides is 2. The molecule has 9 heteroatoms. The minimum Gasteiger partial charge on any atom is -0.474 e. The van der Waals surface area contributed by atoms with E-state index >= 15 is 0 Å². The first kappa shape index (κ1) is 18.9. The molecule has 1 heterocycles. The predicted molar refractivity (Wildman–Crippen MR) is 101 cm³/mol. The van der Waals surface area contributed by atoms with Gasteiger partial charge in [0.15, 0.2) is 11.9 Å². The minimum absolute atomic E-state index is 0.0210. The first-order valence-electron chi connectivity index (χ1n) is 8.48. The first-order chi connectivity index (χ1) is 13.5. The van der Waals surface area contributed by atoms with Crippen molar-refractivity contribution in [1.82, 2.24) is 15.4 Å². The fraction of sp³-hybridized carbons (Fsp3) is 0.158. The topological polar surface area (TPSA) is 116 Å². The second-order valence-electron chi connectivity index (χ2n) is 6.02. The summed E-state index contributed by atoms with van der Waals surface area (Å²) in [7, 11) is 0. The van der Waals surface area contributed by atoms with Crippen LogP contribution in [0.1, 0.15) is 6.92 Å². The van der Waals surface area contributed by atoms with Crippen molar-refractivity contribution >= 4 is 28.4 Å². The molecule has 3 aromatic rings. The van der Waals surface area contributed by atoms with Gasteiger partial charge in [0.05, 0.1) is 4.92 Å². The van der Waals surface area contributed by atoms with Crippen LogP contribution in [-0.2, 0) is 16.1 Å². The number of nitro groups is 1. The van der Waals surface area contributed by atoms with Gasteiger partial charge in [-0.25, -0.2) is 0 Å². The van der Waals surface area contributed by atoms with Gasteiger partial charge in [-0.3, -0.25) is 30.6 Å². The average molecular weight is 382 g/mol. The molecule has 0 saturated heterocycles. The molecule has 2 N–H and O–H groups in total. The Balaban J connectivity index is 1.55. The van der Waals surface area contributed by atoms with Gasteiger partial charge in [0, 0.05) is 17.8 Å². The van der Waals surface area contributed by atoms with Gasteiger partial charge in [-0.1, -0.05) is 30.3 Å². The Morgan fingerprint density at radius 2 is 1.82 bits per heavy atom. The zero-order valence-corrected chi connectivity index (χ0v) is 15.0. The second kappa shape index (κ2) is 8.21. The van der Waals surface area contributed by atoms with E-state index in [1.54, 1.807) is 16.8 Å². The zero-order chi connectivity index (χ0) is 20.1. The van der Waals surface area contributed by atoms with E-state index in [9.17, 15) is 19.7 Å². The second-order valence-corrected chi connectivity index (χ2v) is 6.02. The number of hydrogen-bond donors (Lipinski definition) is 2. The summed E-state index contributed by atoms with van der Waals surface area (Å²) < 4.78 is 7.11. The van der Waals surface area contributed by atoms with Crippen molar-refractivity contribution in [3.8, 4) is 5.75 Å². The largest absolute Gasteiger partial charge is 0.474 e. The summed E-state index contributed by atoms with van der Waals surface area (Å²) >= 11 is 0. The number of nitro benzene ring substituents is 1. The molecule has 1 unspecified atom stereocenters. The van der Waals surface area contributed by atoms with Crippen LogP contribution in [0.15, 0.2) is 60.8 Å². The molecule has 0 radical (unpaired) electrons. The fourth-order valence-corrected chi connectivity index (χ4v) is 2.66. The number of rotatable bonds is 6. The van der Waals surface area contributed by atoms with Gasteiger partial charge in [-0.2, -0.15) is 0 Å². The standard InChI is InChI=1S/C19H18N4O5/c1-13(28-17-9-5-4-8-16(17)23(26)27)19(25)21-20-18(24)12-22-11-10-14-6-2-3-7-15(14)22/h2-11,13H,12H2,1H3,(H,20,24)(H,21,25). The Kier molecular flexibility index (Phi) is 5.54. The number of benzene rings is 2. The lowest BCUT2D eigenvalue weighted by Crippen LogP contribution is -2.48. The van der Waals surface area contributed by atoms with E-state index in [2.05, 4.69) is 10.9 Å². The van der Waals surface area contributed by atoms with Crippen LogP contribution in [0, 0.1) is 10.1 Å². The lowest BCUT2D eigenvalue weighted by atomic mass is 10.2. The Morgan fingerprint density at radius 1 is 1.11 bits per heavy atom. The van der Waals surface area contributed by atoms with Gasteiger partial charge < -0.3 is 9.30 Å². The molecule has 0 aliphatic carbocycles. The van der Waals surface area contributed by atoms with Gasteiger partial charge in [-0.05, 0) is 30.5 Å². The Bertz CT molecular complexity index is 1030. The number of carbonyl (C=O) groups is 2. The lowest BCUT2D eigenvalue weighted by molar-refractivity contribution is -0.386. The summed E-state index contributed by atoms with van der Waals surface area (Å²) in [5.74, 6) is -1.09. The Morgan fingerprint density at radius 3 is 2.61 bits per heavy atom. The van der Waals surface area contributed by atoms with Crippen LogP contribution in [0.25, 0.3) is 10.9 Å². The third kappa shape index (κ3) is 4.26. The molecule has 1 atom stereocenters.